The van der Waals surface area contributed by atoms with Crippen molar-refractivity contribution in [2.24, 2.45) is 7.05 Å². The van der Waals surface area contributed by atoms with Gasteiger partial charge in [-0.3, -0.25) is 35.0 Å². The summed E-state index contributed by atoms with van der Waals surface area (Å²) in [6.45, 7) is 0. The van der Waals surface area contributed by atoms with Crippen molar-refractivity contribution >= 4 is 28.4 Å². The molecule has 0 aliphatic rings. The third-order valence-electron chi connectivity index (χ3n) is 2.66. The van der Waals surface area contributed by atoms with Crippen LogP contribution in [-0.2, 0) is 7.05 Å². The van der Waals surface area contributed by atoms with Gasteiger partial charge in [0.15, 0.2) is 5.69 Å². The molecule has 1 heterocycles. The Hall–Kier alpha value is -3.57. The first kappa shape index (κ1) is 14.8. The standard InChI is InChI=1S/C10H8N6O6/c1-13-5-6(4-11-13)12-10-8(15(19)20)2-7(14(17)18)3-9(10)16(21)22/h2-5,12H,1H3. The van der Waals surface area contributed by atoms with Crippen LogP contribution in [0.25, 0.3) is 0 Å². The molecule has 0 saturated carbocycles. The van der Waals surface area contributed by atoms with E-state index in [1.807, 2.05) is 0 Å². The maximum absolute atomic E-state index is 11.1. The van der Waals surface area contributed by atoms with E-state index < -0.39 is 37.5 Å². The van der Waals surface area contributed by atoms with Gasteiger partial charge < -0.3 is 5.32 Å². The molecule has 0 atom stereocenters. The summed E-state index contributed by atoms with van der Waals surface area (Å²) in [4.78, 5) is 30.1. The maximum atomic E-state index is 11.1. The first-order valence-corrected chi connectivity index (χ1v) is 5.66. The number of aromatic nitrogens is 2. The van der Waals surface area contributed by atoms with Crippen molar-refractivity contribution in [1.29, 1.82) is 0 Å². The van der Waals surface area contributed by atoms with E-state index >= 15 is 0 Å². The topological polar surface area (TPSA) is 159 Å². The Balaban J connectivity index is 2.65. The van der Waals surface area contributed by atoms with E-state index in [0.717, 1.165) is 0 Å². The Kier molecular flexibility index (Phi) is 3.66. The molecule has 0 bridgehead atoms. The highest BCUT2D eigenvalue weighted by atomic mass is 16.6. The lowest BCUT2D eigenvalue weighted by Gasteiger charge is -2.05. The molecule has 0 unspecified atom stereocenters. The van der Waals surface area contributed by atoms with Crippen LogP contribution in [0.2, 0.25) is 0 Å². The van der Waals surface area contributed by atoms with Crippen LogP contribution in [0.4, 0.5) is 28.4 Å². The summed E-state index contributed by atoms with van der Waals surface area (Å²) < 4.78 is 1.38. The van der Waals surface area contributed by atoms with E-state index in [9.17, 15) is 30.3 Å². The number of hydrogen-bond acceptors (Lipinski definition) is 8. The molecule has 114 valence electrons. The normalized spacial score (nSPS) is 10.2. The minimum absolute atomic E-state index is 0.266. The van der Waals surface area contributed by atoms with Gasteiger partial charge in [-0.05, 0) is 0 Å². The molecule has 0 aliphatic heterocycles. The van der Waals surface area contributed by atoms with Gasteiger partial charge >= 0.3 is 11.4 Å². The molecule has 0 amide bonds. The molecule has 2 aromatic rings. The third-order valence-corrected chi connectivity index (χ3v) is 2.66. The quantitative estimate of drug-likeness (QED) is 0.647. The van der Waals surface area contributed by atoms with Gasteiger partial charge in [-0.15, -0.1) is 0 Å². The van der Waals surface area contributed by atoms with E-state index in [1.54, 1.807) is 7.05 Å². The highest BCUT2D eigenvalue weighted by molar-refractivity contribution is 5.81. The zero-order chi connectivity index (χ0) is 16.4. The average Bonchev–Trinajstić information content (AvgIpc) is 2.83. The minimum atomic E-state index is -0.937. The number of anilines is 2. The van der Waals surface area contributed by atoms with Crippen LogP contribution in [0.5, 0.6) is 0 Å². The highest BCUT2D eigenvalue weighted by Crippen LogP contribution is 2.39. The number of nitro groups is 3. The molecular weight excluding hydrogens is 300 g/mol. The molecule has 0 saturated heterocycles. The van der Waals surface area contributed by atoms with Crippen molar-refractivity contribution < 1.29 is 14.8 Å². The Labute approximate surface area is 121 Å². The fourth-order valence-electron chi connectivity index (χ4n) is 1.75. The first-order valence-electron chi connectivity index (χ1n) is 5.66. The molecule has 12 heteroatoms. The van der Waals surface area contributed by atoms with Crippen LogP contribution in [0.15, 0.2) is 24.5 Å². The molecule has 1 aromatic carbocycles. The van der Waals surface area contributed by atoms with Crippen molar-refractivity contribution in [3.05, 3.63) is 54.9 Å². The van der Waals surface area contributed by atoms with Gasteiger partial charge in [0.05, 0.1) is 38.8 Å². The Morgan fingerprint density at radius 1 is 1.05 bits per heavy atom. The lowest BCUT2D eigenvalue weighted by Crippen LogP contribution is -2.03. The summed E-state index contributed by atoms with van der Waals surface area (Å²) in [5, 5.41) is 39.2. The van der Waals surface area contributed by atoms with E-state index in [2.05, 4.69) is 10.4 Å². The number of nitrogens with one attached hydrogen (secondary N) is 1. The first-order chi connectivity index (χ1) is 10.3. The second-order valence-electron chi connectivity index (χ2n) is 4.16. The monoisotopic (exact) mass is 308 g/mol. The molecule has 22 heavy (non-hydrogen) atoms. The van der Waals surface area contributed by atoms with E-state index in [0.29, 0.717) is 12.1 Å². The van der Waals surface area contributed by atoms with E-state index in [-0.39, 0.29) is 5.69 Å². The molecule has 12 nitrogen and oxygen atoms in total. The lowest BCUT2D eigenvalue weighted by molar-refractivity contribution is -0.401. The van der Waals surface area contributed by atoms with Crippen LogP contribution < -0.4 is 5.32 Å². The van der Waals surface area contributed by atoms with Gasteiger partial charge in [0, 0.05) is 13.2 Å². The zero-order valence-corrected chi connectivity index (χ0v) is 11.0. The molecule has 1 aromatic heterocycles. The van der Waals surface area contributed by atoms with Crippen LogP contribution in [0.1, 0.15) is 0 Å². The second kappa shape index (κ2) is 5.43. The number of rotatable bonds is 5. The highest BCUT2D eigenvalue weighted by Gasteiger charge is 2.30. The van der Waals surface area contributed by atoms with E-state index in [4.69, 9.17) is 0 Å². The van der Waals surface area contributed by atoms with Gasteiger partial charge in [-0.2, -0.15) is 5.10 Å². The van der Waals surface area contributed by atoms with Crippen molar-refractivity contribution in [3.8, 4) is 0 Å². The maximum Gasteiger partial charge on any atom is 0.306 e. The molecule has 0 radical (unpaired) electrons. The van der Waals surface area contributed by atoms with Gasteiger partial charge in [0.1, 0.15) is 0 Å². The molecule has 1 N–H and O–H groups in total. The Bertz CT molecular complexity index is 749. The molecule has 2 rings (SSSR count). The van der Waals surface area contributed by atoms with Gasteiger partial charge in [-0.25, -0.2) is 0 Å². The smallest absolute Gasteiger partial charge is 0.306 e. The number of benzene rings is 1. The fourth-order valence-corrected chi connectivity index (χ4v) is 1.75. The van der Waals surface area contributed by atoms with Gasteiger partial charge in [-0.1, -0.05) is 0 Å². The SMILES string of the molecule is Cn1cc(Nc2c([N+](=O)[O-])cc([N+](=O)[O-])cc2[N+](=O)[O-])cn1. The average molecular weight is 308 g/mol. The summed E-state index contributed by atoms with van der Waals surface area (Å²) in [6, 6.07) is 1.32. The molecule has 0 fully saturated rings. The van der Waals surface area contributed by atoms with Gasteiger partial charge in [0.2, 0.25) is 0 Å². The lowest BCUT2D eigenvalue weighted by atomic mass is 10.2. The summed E-state index contributed by atoms with van der Waals surface area (Å²) >= 11 is 0. The van der Waals surface area contributed by atoms with Crippen LogP contribution in [0.3, 0.4) is 0 Å². The second-order valence-corrected chi connectivity index (χ2v) is 4.16. The van der Waals surface area contributed by atoms with Crippen LogP contribution >= 0.6 is 0 Å². The van der Waals surface area contributed by atoms with Crippen LogP contribution in [-0.4, -0.2) is 24.6 Å². The summed E-state index contributed by atoms with van der Waals surface area (Å²) in [5.74, 6) is 0. The van der Waals surface area contributed by atoms with Crippen molar-refractivity contribution in [1.82, 2.24) is 9.78 Å². The summed E-state index contributed by atoms with van der Waals surface area (Å²) in [7, 11) is 1.59. The summed E-state index contributed by atoms with van der Waals surface area (Å²) in [6.07, 6.45) is 2.74. The van der Waals surface area contributed by atoms with Crippen LogP contribution in [0, 0.1) is 30.3 Å². The number of nitrogens with zero attached hydrogens (tertiary/aromatic N) is 5. The molecular formula is C10H8N6O6. The van der Waals surface area contributed by atoms with E-state index in [1.165, 1.54) is 17.1 Å². The van der Waals surface area contributed by atoms with Gasteiger partial charge in [0.25, 0.3) is 5.69 Å². The summed E-state index contributed by atoms with van der Waals surface area (Å²) in [5.41, 5.74) is -2.47. The van der Waals surface area contributed by atoms with Crippen molar-refractivity contribution in [2.75, 3.05) is 5.32 Å². The third kappa shape index (κ3) is 2.79. The fraction of sp³-hybridized carbons (Fsp3) is 0.100. The Morgan fingerprint density at radius 3 is 1.95 bits per heavy atom. The van der Waals surface area contributed by atoms with Crippen molar-refractivity contribution in [2.45, 2.75) is 0 Å². The largest absolute Gasteiger partial charge is 0.342 e. The number of hydrogen-bond donors (Lipinski definition) is 1. The molecule has 0 aliphatic carbocycles. The minimum Gasteiger partial charge on any atom is -0.342 e. The molecule has 0 spiro atoms. The zero-order valence-electron chi connectivity index (χ0n) is 11.0. The number of aryl methyl sites for hydroxylation is 1. The van der Waals surface area contributed by atoms with Crippen molar-refractivity contribution in [3.63, 3.8) is 0 Å². The Morgan fingerprint density at radius 2 is 1.59 bits per heavy atom. The predicted molar refractivity (Wildman–Crippen MR) is 72.9 cm³/mol. The number of nitro benzene ring substituents is 3. The predicted octanol–water partition coefficient (Wildman–Crippen LogP) is 1.89. The number of non-ortho nitro benzene ring substituents is 1.